The SMILES string of the molecule is C[C@H](C(=O)Nc1ccccc1)[S@](=O)Cc1nnnn1C1CC1. The van der Waals surface area contributed by atoms with Crippen molar-refractivity contribution in [2.75, 3.05) is 5.32 Å². The van der Waals surface area contributed by atoms with E-state index in [0.717, 1.165) is 12.8 Å². The number of anilines is 1. The van der Waals surface area contributed by atoms with Crippen molar-refractivity contribution in [3.05, 3.63) is 36.2 Å². The first-order chi connectivity index (χ1) is 10.6. The first kappa shape index (κ1) is 14.8. The number of hydrogen-bond donors (Lipinski definition) is 1. The Morgan fingerprint density at radius 2 is 2.14 bits per heavy atom. The predicted octanol–water partition coefficient (Wildman–Crippen LogP) is 1.28. The lowest BCUT2D eigenvalue weighted by Gasteiger charge is -2.12. The van der Waals surface area contributed by atoms with Gasteiger partial charge >= 0.3 is 0 Å². The number of amides is 1. The fourth-order valence-electron chi connectivity index (χ4n) is 2.05. The van der Waals surface area contributed by atoms with Gasteiger partial charge in [0.05, 0.1) is 11.8 Å². The second kappa shape index (κ2) is 6.35. The average Bonchev–Trinajstić information content (AvgIpc) is 3.27. The highest BCUT2D eigenvalue weighted by molar-refractivity contribution is 7.85. The van der Waals surface area contributed by atoms with Gasteiger partial charge in [-0.25, -0.2) is 4.68 Å². The average molecular weight is 319 g/mol. The highest BCUT2D eigenvalue weighted by Crippen LogP contribution is 2.34. The predicted molar refractivity (Wildman–Crippen MR) is 82.5 cm³/mol. The Labute approximate surface area is 130 Å². The Kier molecular flexibility index (Phi) is 4.28. The Morgan fingerprint density at radius 3 is 2.82 bits per heavy atom. The van der Waals surface area contributed by atoms with Crippen molar-refractivity contribution < 1.29 is 9.00 Å². The van der Waals surface area contributed by atoms with Crippen molar-refractivity contribution in [2.24, 2.45) is 0 Å². The normalized spacial score (nSPS) is 17.0. The van der Waals surface area contributed by atoms with Crippen LogP contribution in [0.4, 0.5) is 5.69 Å². The summed E-state index contributed by atoms with van der Waals surface area (Å²) >= 11 is 0. The topological polar surface area (TPSA) is 89.8 Å². The van der Waals surface area contributed by atoms with Gasteiger partial charge in [0.15, 0.2) is 5.82 Å². The fourth-order valence-corrected chi connectivity index (χ4v) is 3.04. The molecule has 7 nitrogen and oxygen atoms in total. The summed E-state index contributed by atoms with van der Waals surface area (Å²) in [6.07, 6.45) is 2.10. The second-order valence-corrected chi connectivity index (χ2v) is 7.05. The lowest BCUT2D eigenvalue weighted by atomic mass is 10.3. The number of tetrazole rings is 1. The summed E-state index contributed by atoms with van der Waals surface area (Å²) in [4.78, 5) is 12.2. The number of nitrogens with zero attached hydrogens (tertiary/aromatic N) is 4. The number of benzene rings is 1. The molecular formula is C14H17N5O2S. The number of aromatic nitrogens is 4. The van der Waals surface area contributed by atoms with Gasteiger partial charge in [-0.3, -0.25) is 9.00 Å². The van der Waals surface area contributed by atoms with Crippen LogP contribution in [0.1, 0.15) is 31.6 Å². The van der Waals surface area contributed by atoms with Crippen molar-refractivity contribution in [3.8, 4) is 0 Å². The molecule has 1 aliphatic carbocycles. The first-order valence-corrected chi connectivity index (χ1v) is 8.53. The van der Waals surface area contributed by atoms with Gasteiger partial charge in [-0.2, -0.15) is 0 Å². The molecule has 0 unspecified atom stereocenters. The minimum Gasteiger partial charge on any atom is -0.325 e. The highest BCUT2D eigenvalue weighted by atomic mass is 32.2. The third kappa shape index (κ3) is 3.38. The monoisotopic (exact) mass is 319 g/mol. The second-order valence-electron chi connectivity index (χ2n) is 5.29. The molecule has 22 heavy (non-hydrogen) atoms. The van der Waals surface area contributed by atoms with E-state index >= 15 is 0 Å². The number of rotatable bonds is 6. The third-order valence-corrected chi connectivity index (χ3v) is 5.08. The molecule has 1 fully saturated rings. The molecule has 1 aromatic carbocycles. The van der Waals surface area contributed by atoms with Crippen LogP contribution in [0.3, 0.4) is 0 Å². The molecule has 3 rings (SSSR count). The van der Waals surface area contributed by atoms with Crippen LogP contribution in [-0.4, -0.2) is 35.6 Å². The zero-order chi connectivity index (χ0) is 15.5. The molecular weight excluding hydrogens is 302 g/mol. The molecule has 1 saturated carbocycles. The zero-order valence-corrected chi connectivity index (χ0v) is 13.0. The minimum absolute atomic E-state index is 0.187. The van der Waals surface area contributed by atoms with Crippen molar-refractivity contribution in [3.63, 3.8) is 0 Å². The molecule has 0 aliphatic heterocycles. The van der Waals surface area contributed by atoms with E-state index in [-0.39, 0.29) is 11.7 Å². The maximum absolute atomic E-state index is 12.4. The summed E-state index contributed by atoms with van der Waals surface area (Å²) < 4.78 is 14.1. The van der Waals surface area contributed by atoms with Crippen LogP contribution in [0.2, 0.25) is 0 Å². The Hall–Kier alpha value is -2.09. The maximum atomic E-state index is 12.4. The molecule has 116 valence electrons. The van der Waals surface area contributed by atoms with Gasteiger partial charge in [0.1, 0.15) is 5.25 Å². The molecule has 8 heteroatoms. The van der Waals surface area contributed by atoms with Crippen molar-refractivity contribution in [2.45, 2.75) is 36.8 Å². The molecule has 1 N–H and O–H groups in total. The summed E-state index contributed by atoms with van der Waals surface area (Å²) in [5.74, 6) is 0.502. The van der Waals surface area contributed by atoms with Crippen LogP contribution in [0.25, 0.3) is 0 Å². The highest BCUT2D eigenvalue weighted by Gasteiger charge is 2.29. The van der Waals surface area contributed by atoms with Gasteiger partial charge < -0.3 is 5.32 Å². The van der Waals surface area contributed by atoms with Crippen LogP contribution < -0.4 is 5.32 Å². The third-order valence-electron chi connectivity index (χ3n) is 3.53. The van der Waals surface area contributed by atoms with Gasteiger partial charge in [-0.1, -0.05) is 18.2 Å². The minimum atomic E-state index is -1.37. The Bertz CT molecular complexity index is 684. The van der Waals surface area contributed by atoms with Crippen molar-refractivity contribution in [1.29, 1.82) is 0 Å². The standard InChI is InChI=1S/C14H17N5O2S/c1-10(14(20)15-11-5-3-2-4-6-11)22(21)9-13-16-17-18-19(13)12-7-8-12/h2-6,10,12H,7-9H2,1H3,(H,15,20)/t10-,22-/m1/s1. The van der Waals surface area contributed by atoms with E-state index in [0.29, 0.717) is 17.6 Å². The summed E-state index contributed by atoms with van der Waals surface area (Å²) in [5.41, 5.74) is 0.694. The van der Waals surface area contributed by atoms with Crippen LogP contribution in [0, 0.1) is 0 Å². The van der Waals surface area contributed by atoms with Gasteiger partial charge in [-0.05, 0) is 42.3 Å². The molecule has 0 saturated heterocycles. The molecule has 0 bridgehead atoms. The molecule has 2 atom stereocenters. The Balaban J connectivity index is 1.61. The molecule has 0 radical (unpaired) electrons. The summed E-state index contributed by atoms with van der Waals surface area (Å²) in [6, 6.07) is 9.45. The van der Waals surface area contributed by atoms with E-state index in [1.807, 2.05) is 18.2 Å². The molecule has 2 aromatic rings. The smallest absolute Gasteiger partial charge is 0.239 e. The maximum Gasteiger partial charge on any atom is 0.239 e. The van der Waals surface area contributed by atoms with E-state index in [1.54, 1.807) is 23.7 Å². The fraction of sp³-hybridized carbons (Fsp3) is 0.429. The lowest BCUT2D eigenvalue weighted by Crippen LogP contribution is -2.30. The van der Waals surface area contributed by atoms with Crippen LogP contribution in [0.15, 0.2) is 30.3 Å². The molecule has 1 aromatic heterocycles. The van der Waals surface area contributed by atoms with E-state index in [2.05, 4.69) is 20.8 Å². The van der Waals surface area contributed by atoms with Crippen molar-refractivity contribution in [1.82, 2.24) is 20.2 Å². The van der Waals surface area contributed by atoms with E-state index in [4.69, 9.17) is 0 Å². The molecule has 0 spiro atoms. The summed E-state index contributed by atoms with van der Waals surface area (Å²) in [5, 5.41) is 13.6. The van der Waals surface area contributed by atoms with Gasteiger partial charge in [0.25, 0.3) is 0 Å². The van der Waals surface area contributed by atoms with E-state index in [9.17, 15) is 9.00 Å². The molecule has 1 aliphatic rings. The number of carbonyl (C=O) groups excluding carboxylic acids is 1. The van der Waals surface area contributed by atoms with Crippen LogP contribution in [-0.2, 0) is 21.3 Å². The summed E-state index contributed by atoms with van der Waals surface area (Å²) in [7, 11) is -1.37. The van der Waals surface area contributed by atoms with E-state index < -0.39 is 16.0 Å². The summed E-state index contributed by atoms with van der Waals surface area (Å²) in [6.45, 7) is 1.65. The van der Waals surface area contributed by atoms with Gasteiger partial charge in [0, 0.05) is 16.5 Å². The molecule has 1 amide bonds. The van der Waals surface area contributed by atoms with Crippen molar-refractivity contribution >= 4 is 22.4 Å². The first-order valence-electron chi connectivity index (χ1n) is 7.15. The zero-order valence-electron chi connectivity index (χ0n) is 12.2. The quantitative estimate of drug-likeness (QED) is 0.866. The largest absolute Gasteiger partial charge is 0.325 e. The van der Waals surface area contributed by atoms with Crippen LogP contribution >= 0.6 is 0 Å². The number of para-hydroxylation sites is 1. The van der Waals surface area contributed by atoms with Gasteiger partial charge in [0.2, 0.25) is 5.91 Å². The van der Waals surface area contributed by atoms with E-state index in [1.165, 1.54) is 0 Å². The Morgan fingerprint density at radius 1 is 1.41 bits per heavy atom. The number of hydrogen-bond acceptors (Lipinski definition) is 5. The van der Waals surface area contributed by atoms with Gasteiger partial charge in [-0.15, -0.1) is 5.10 Å². The number of nitrogens with one attached hydrogen (secondary N) is 1. The lowest BCUT2D eigenvalue weighted by molar-refractivity contribution is -0.115. The van der Waals surface area contributed by atoms with Crippen LogP contribution in [0.5, 0.6) is 0 Å². The molecule has 1 heterocycles. The number of carbonyl (C=O) groups is 1.